The maximum Gasteiger partial charge on any atom is 0.118 e. The van der Waals surface area contributed by atoms with Gasteiger partial charge in [-0.2, -0.15) is 0 Å². The predicted molar refractivity (Wildman–Crippen MR) is 112 cm³/mol. The lowest BCUT2D eigenvalue weighted by molar-refractivity contribution is -0.132. The van der Waals surface area contributed by atoms with Gasteiger partial charge in [0.15, 0.2) is 0 Å². The summed E-state index contributed by atoms with van der Waals surface area (Å²) in [5.74, 6) is 0.764. The zero-order chi connectivity index (χ0) is 20.4. The van der Waals surface area contributed by atoms with E-state index in [0.717, 1.165) is 16.9 Å². The second-order valence-electron chi connectivity index (χ2n) is 7.05. The smallest absolute Gasteiger partial charge is 0.118 e. The van der Waals surface area contributed by atoms with Gasteiger partial charge in [-0.25, -0.2) is 0 Å². The van der Waals surface area contributed by atoms with Crippen LogP contribution >= 0.6 is 0 Å². The topological polar surface area (TPSA) is 58.9 Å². The molecule has 0 amide bonds. The Morgan fingerprint density at radius 2 is 1.71 bits per heavy atom. The van der Waals surface area contributed by atoms with Gasteiger partial charge in [0.2, 0.25) is 0 Å². The van der Waals surface area contributed by atoms with Crippen LogP contribution in [0.25, 0.3) is 0 Å². The van der Waals surface area contributed by atoms with Gasteiger partial charge in [0, 0.05) is 0 Å². The van der Waals surface area contributed by atoms with Crippen molar-refractivity contribution in [1.29, 1.82) is 0 Å². The van der Waals surface area contributed by atoms with E-state index in [1.54, 1.807) is 20.1 Å². The minimum Gasteiger partial charge on any atom is -0.497 e. The number of benzene rings is 2. The molecule has 0 spiro atoms. The molecule has 0 aliphatic carbocycles. The summed E-state index contributed by atoms with van der Waals surface area (Å²) < 4.78 is 11.3. The van der Waals surface area contributed by atoms with Crippen molar-refractivity contribution >= 4 is 0 Å². The zero-order valence-electron chi connectivity index (χ0n) is 17.0. The van der Waals surface area contributed by atoms with Crippen LogP contribution < -0.4 is 4.74 Å². The molecule has 2 rings (SSSR count). The van der Waals surface area contributed by atoms with Crippen LogP contribution in [0.2, 0.25) is 0 Å². The van der Waals surface area contributed by atoms with Gasteiger partial charge in [-0.1, -0.05) is 61.5 Å². The van der Waals surface area contributed by atoms with E-state index >= 15 is 0 Å². The van der Waals surface area contributed by atoms with E-state index in [1.807, 2.05) is 67.6 Å². The van der Waals surface area contributed by atoms with Crippen LogP contribution in [0.3, 0.4) is 0 Å². The summed E-state index contributed by atoms with van der Waals surface area (Å²) in [5.41, 5.74) is 1.30. The summed E-state index contributed by atoms with van der Waals surface area (Å²) in [4.78, 5) is 0. The average Bonchev–Trinajstić information content (AvgIpc) is 2.74. The first-order valence-corrected chi connectivity index (χ1v) is 9.85. The van der Waals surface area contributed by atoms with E-state index < -0.39 is 17.8 Å². The number of aliphatic hydroxyl groups excluding tert-OH is 2. The van der Waals surface area contributed by atoms with E-state index in [9.17, 15) is 10.2 Å². The van der Waals surface area contributed by atoms with Crippen LogP contribution in [0.5, 0.6) is 5.75 Å². The van der Waals surface area contributed by atoms with Gasteiger partial charge in [-0.05, 0) is 49.4 Å². The molecule has 2 N–H and O–H groups in total. The lowest BCUT2D eigenvalue weighted by Gasteiger charge is -2.35. The van der Waals surface area contributed by atoms with Crippen molar-refractivity contribution in [2.75, 3.05) is 7.11 Å². The molecule has 0 fully saturated rings. The minimum absolute atomic E-state index is 0.470. The van der Waals surface area contributed by atoms with Gasteiger partial charge in [0.25, 0.3) is 0 Å². The number of methoxy groups -OCH3 is 1. The van der Waals surface area contributed by atoms with Crippen molar-refractivity contribution in [3.05, 3.63) is 77.9 Å². The normalized spacial score (nSPS) is 15.9. The largest absolute Gasteiger partial charge is 0.497 e. The van der Waals surface area contributed by atoms with Gasteiger partial charge in [-0.3, -0.25) is 0 Å². The summed E-state index contributed by atoms with van der Waals surface area (Å²) in [5, 5.41) is 20.7. The minimum atomic E-state index is -0.668. The first-order valence-electron chi connectivity index (χ1n) is 9.85. The fourth-order valence-corrected chi connectivity index (χ4v) is 3.24. The molecule has 0 heterocycles. The number of hydrogen-bond donors (Lipinski definition) is 2. The van der Waals surface area contributed by atoms with Crippen molar-refractivity contribution < 1.29 is 19.7 Å². The van der Waals surface area contributed by atoms with Crippen LogP contribution in [0.1, 0.15) is 50.3 Å². The summed E-state index contributed by atoms with van der Waals surface area (Å²) >= 11 is 0. The second kappa shape index (κ2) is 11.0. The molecule has 0 aromatic heterocycles. The Balaban J connectivity index is 1.93. The fraction of sp³-hybridized carbons (Fsp3) is 0.417. The monoisotopic (exact) mass is 384 g/mol. The lowest BCUT2D eigenvalue weighted by Crippen LogP contribution is -2.42. The molecule has 1 unspecified atom stereocenters. The highest BCUT2D eigenvalue weighted by Gasteiger charge is 2.33. The predicted octanol–water partition coefficient (Wildman–Crippen LogP) is 4.81. The molecule has 28 heavy (non-hydrogen) atoms. The molecule has 3 atom stereocenters. The lowest BCUT2D eigenvalue weighted by atomic mass is 9.88. The van der Waals surface area contributed by atoms with Gasteiger partial charge >= 0.3 is 0 Å². The van der Waals surface area contributed by atoms with E-state index in [4.69, 9.17) is 9.47 Å². The Bertz CT molecular complexity index is 709. The molecular formula is C24H32O4. The first kappa shape index (κ1) is 22.2. The number of aliphatic hydroxyl groups is 2. The molecule has 2 aromatic carbocycles. The Labute approximate surface area is 168 Å². The molecule has 0 saturated heterocycles. The Morgan fingerprint density at radius 1 is 1.04 bits per heavy atom. The summed E-state index contributed by atoms with van der Waals surface area (Å²) in [7, 11) is 1.62. The third kappa shape index (κ3) is 6.20. The van der Waals surface area contributed by atoms with Crippen molar-refractivity contribution in [2.45, 2.75) is 57.5 Å². The third-order valence-electron chi connectivity index (χ3n) is 5.24. The number of hydrogen-bond acceptors (Lipinski definition) is 4. The summed E-state index contributed by atoms with van der Waals surface area (Å²) in [6.45, 7) is 4.29. The molecular weight excluding hydrogens is 352 g/mol. The van der Waals surface area contributed by atoms with Gasteiger partial charge in [-0.15, -0.1) is 0 Å². The standard InChI is InChI=1S/C24H32O4/c1-4-24(19(2)25,28-18-20-10-6-5-7-11-20)17-9-8-12-23(26)21-13-15-22(27-3)16-14-21/h5-8,10-16,19,23,25-26H,4,9,17-18H2,1-3H3/b12-8+/t19-,23?,24+/m0/s1. The maximum atomic E-state index is 10.4. The van der Waals surface area contributed by atoms with Gasteiger partial charge in [0.05, 0.1) is 31.5 Å². The maximum absolute atomic E-state index is 10.4. The van der Waals surface area contributed by atoms with E-state index in [0.29, 0.717) is 25.9 Å². The third-order valence-corrected chi connectivity index (χ3v) is 5.24. The van der Waals surface area contributed by atoms with E-state index in [1.165, 1.54) is 0 Å². The molecule has 0 bridgehead atoms. The van der Waals surface area contributed by atoms with Crippen molar-refractivity contribution in [1.82, 2.24) is 0 Å². The van der Waals surface area contributed by atoms with Gasteiger partial charge < -0.3 is 19.7 Å². The molecule has 0 aliphatic rings. The Morgan fingerprint density at radius 3 is 2.29 bits per heavy atom. The fourth-order valence-electron chi connectivity index (χ4n) is 3.24. The highest BCUT2D eigenvalue weighted by molar-refractivity contribution is 5.30. The Kier molecular flexibility index (Phi) is 8.71. The van der Waals surface area contributed by atoms with Crippen LogP contribution in [0, 0.1) is 0 Å². The average molecular weight is 385 g/mol. The quantitative estimate of drug-likeness (QED) is 0.546. The number of ether oxygens (including phenoxy) is 2. The zero-order valence-corrected chi connectivity index (χ0v) is 17.0. The van der Waals surface area contributed by atoms with Crippen LogP contribution in [-0.2, 0) is 11.3 Å². The van der Waals surface area contributed by atoms with Crippen molar-refractivity contribution in [3.8, 4) is 5.75 Å². The molecule has 4 heteroatoms. The van der Waals surface area contributed by atoms with Crippen molar-refractivity contribution in [2.24, 2.45) is 0 Å². The molecule has 0 saturated carbocycles. The summed E-state index contributed by atoms with van der Waals surface area (Å²) in [6.07, 6.45) is 4.59. The van der Waals surface area contributed by atoms with E-state index in [2.05, 4.69) is 0 Å². The summed E-state index contributed by atoms with van der Waals surface area (Å²) in [6, 6.07) is 17.4. The van der Waals surface area contributed by atoms with Crippen LogP contribution in [0.4, 0.5) is 0 Å². The number of allylic oxidation sites excluding steroid dienone is 1. The number of rotatable bonds is 11. The molecule has 4 nitrogen and oxygen atoms in total. The molecule has 0 aliphatic heterocycles. The molecule has 152 valence electrons. The molecule has 2 aromatic rings. The van der Waals surface area contributed by atoms with Crippen LogP contribution in [-0.4, -0.2) is 29.0 Å². The first-order chi connectivity index (χ1) is 13.5. The van der Waals surface area contributed by atoms with Crippen molar-refractivity contribution in [3.63, 3.8) is 0 Å². The SMILES string of the molecule is CC[C@](CC/C=C/C(O)c1ccc(OC)cc1)(OCc1ccccc1)[C@H](C)O. The molecule has 0 radical (unpaired) electrons. The highest BCUT2D eigenvalue weighted by atomic mass is 16.5. The van der Waals surface area contributed by atoms with Crippen LogP contribution in [0.15, 0.2) is 66.7 Å². The van der Waals surface area contributed by atoms with Gasteiger partial charge in [0.1, 0.15) is 5.75 Å². The highest BCUT2D eigenvalue weighted by Crippen LogP contribution is 2.29. The second-order valence-corrected chi connectivity index (χ2v) is 7.05. The van der Waals surface area contributed by atoms with E-state index in [-0.39, 0.29) is 0 Å². The Hall–Kier alpha value is -2.14.